The first-order valence-corrected chi connectivity index (χ1v) is 9.71. The summed E-state index contributed by atoms with van der Waals surface area (Å²) in [6.07, 6.45) is 2.36. The van der Waals surface area contributed by atoms with Gasteiger partial charge in [-0.1, -0.05) is 18.2 Å². The molecule has 0 saturated carbocycles. The summed E-state index contributed by atoms with van der Waals surface area (Å²) in [5.74, 6) is 0.579. The molecule has 0 bridgehead atoms. The number of ether oxygens (including phenoxy) is 2. The highest BCUT2D eigenvalue weighted by molar-refractivity contribution is 5.97. The number of benzene rings is 2. The van der Waals surface area contributed by atoms with Gasteiger partial charge in [-0.05, 0) is 44.0 Å². The summed E-state index contributed by atoms with van der Waals surface area (Å²) in [7, 11) is 0. The zero-order valence-corrected chi connectivity index (χ0v) is 17.4. The van der Waals surface area contributed by atoms with Gasteiger partial charge >= 0.3 is 0 Å². The number of halogens is 1. The molecule has 3 rings (SSSR count). The van der Waals surface area contributed by atoms with Crippen molar-refractivity contribution in [3.63, 3.8) is 0 Å². The molecular weight excluding hydrogens is 410 g/mol. The summed E-state index contributed by atoms with van der Waals surface area (Å²) >= 11 is 0. The number of amides is 1. The van der Waals surface area contributed by atoms with Crippen LogP contribution in [0.5, 0.6) is 11.5 Å². The Morgan fingerprint density at radius 3 is 2.50 bits per heavy atom. The van der Waals surface area contributed by atoms with Crippen molar-refractivity contribution in [1.29, 1.82) is 0 Å². The van der Waals surface area contributed by atoms with Gasteiger partial charge in [0.15, 0.2) is 0 Å². The number of nitrogens with zero attached hydrogens (tertiary/aromatic N) is 2. The van der Waals surface area contributed by atoms with Gasteiger partial charge in [-0.25, -0.2) is 0 Å². The van der Waals surface area contributed by atoms with Crippen molar-refractivity contribution < 1.29 is 19.2 Å². The summed E-state index contributed by atoms with van der Waals surface area (Å²) < 4.78 is 11.6. The van der Waals surface area contributed by atoms with Crippen LogP contribution in [-0.4, -0.2) is 48.1 Å². The summed E-state index contributed by atoms with van der Waals surface area (Å²) in [5.41, 5.74) is 5.52. The van der Waals surface area contributed by atoms with Crippen molar-refractivity contribution in [2.75, 3.05) is 26.2 Å². The topological polar surface area (TPSA) is 108 Å². The van der Waals surface area contributed by atoms with Crippen LogP contribution in [0.25, 0.3) is 0 Å². The lowest BCUT2D eigenvalue weighted by Gasteiger charge is -2.32. The van der Waals surface area contributed by atoms with E-state index in [2.05, 4.69) is 0 Å². The zero-order valence-electron chi connectivity index (χ0n) is 16.6. The molecule has 0 aliphatic carbocycles. The van der Waals surface area contributed by atoms with Crippen molar-refractivity contribution in [3.8, 4) is 11.5 Å². The van der Waals surface area contributed by atoms with Gasteiger partial charge in [0, 0.05) is 31.8 Å². The fourth-order valence-electron chi connectivity index (χ4n) is 3.23. The Kier molecular flexibility index (Phi) is 9.04. The number of piperidine rings is 1. The van der Waals surface area contributed by atoms with E-state index in [9.17, 15) is 14.9 Å². The molecule has 162 valence electrons. The van der Waals surface area contributed by atoms with Crippen molar-refractivity contribution in [2.24, 2.45) is 5.73 Å². The largest absolute Gasteiger partial charge is 0.457 e. The second-order valence-corrected chi connectivity index (χ2v) is 6.86. The van der Waals surface area contributed by atoms with Gasteiger partial charge < -0.3 is 20.1 Å². The average molecular weight is 436 g/mol. The fraction of sp³-hybridized carbons (Fsp3) is 0.381. The van der Waals surface area contributed by atoms with Crippen molar-refractivity contribution in [1.82, 2.24) is 4.90 Å². The molecule has 1 heterocycles. The van der Waals surface area contributed by atoms with Gasteiger partial charge in [-0.2, -0.15) is 0 Å². The highest BCUT2D eigenvalue weighted by Gasteiger charge is 2.27. The number of carbonyl (C=O) groups excluding carboxylic acids is 1. The zero-order chi connectivity index (χ0) is 20.6. The number of rotatable bonds is 8. The van der Waals surface area contributed by atoms with Gasteiger partial charge in [0.2, 0.25) is 0 Å². The molecular formula is C21H26ClN3O5. The third-order valence-electron chi connectivity index (χ3n) is 4.81. The van der Waals surface area contributed by atoms with E-state index in [0.717, 1.165) is 19.3 Å². The predicted octanol–water partition coefficient (Wildman–Crippen LogP) is 3.78. The number of non-ortho nitro benzene ring substituents is 1. The first kappa shape index (κ1) is 23.6. The van der Waals surface area contributed by atoms with Gasteiger partial charge in [-0.15, -0.1) is 12.4 Å². The van der Waals surface area contributed by atoms with Crippen LogP contribution in [0, 0.1) is 10.1 Å². The maximum atomic E-state index is 13.1. The Hall–Kier alpha value is -2.68. The lowest BCUT2D eigenvalue weighted by Crippen LogP contribution is -2.41. The third-order valence-corrected chi connectivity index (χ3v) is 4.81. The van der Waals surface area contributed by atoms with Crippen LogP contribution in [0.1, 0.15) is 29.6 Å². The molecule has 8 nitrogen and oxygen atoms in total. The highest BCUT2D eigenvalue weighted by atomic mass is 35.5. The number of para-hydroxylation sites is 1. The van der Waals surface area contributed by atoms with E-state index < -0.39 is 4.92 Å². The molecule has 30 heavy (non-hydrogen) atoms. The van der Waals surface area contributed by atoms with E-state index in [1.165, 1.54) is 18.2 Å². The number of carbonyl (C=O) groups is 1. The Balaban J connectivity index is 0.00000320. The standard InChI is InChI=1S/C21H25N3O5.ClH/c22-11-4-14-28-17-9-12-23(13-10-17)21(25)19-15-16(24(26)27)7-8-20(19)29-18-5-2-1-3-6-18;/h1-3,5-8,15,17H,4,9-14,22H2;1H. The van der Waals surface area contributed by atoms with Crippen LogP contribution >= 0.6 is 12.4 Å². The first-order valence-electron chi connectivity index (χ1n) is 9.71. The average Bonchev–Trinajstić information content (AvgIpc) is 2.75. The fourth-order valence-corrected chi connectivity index (χ4v) is 3.23. The normalized spacial score (nSPS) is 14.1. The van der Waals surface area contributed by atoms with E-state index in [1.54, 1.807) is 17.0 Å². The molecule has 0 atom stereocenters. The van der Waals surface area contributed by atoms with E-state index in [1.807, 2.05) is 18.2 Å². The van der Waals surface area contributed by atoms with Gasteiger partial charge in [0.25, 0.3) is 11.6 Å². The minimum atomic E-state index is -0.513. The summed E-state index contributed by atoms with van der Waals surface area (Å²) in [4.78, 5) is 25.5. The Morgan fingerprint density at radius 2 is 1.87 bits per heavy atom. The SMILES string of the molecule is Cl.NCCCOC1CCN(C(=O)c2cc([N+](=O)[O-])ccc2Oc2ccccc2)CC1. The smallest absolute Gasteiger partial charge is 0.270 e. The van der Waals surface area contributed by atoms with Crippen molar-refractivity contribution in [2.45, 2.75) is 25.4 Å². The molecule has 9 heteroatoms. The molecule has 2 N–H and O–H groups in total. The molecule has 1 amide bonds. The predicted molar refractivity (Wildman–Crippen MR) is 115 cm³/mol. The number of nitrogens with two attached hydrogens (primary N) is 1. The van der Waals surface area contributed by atoms with Gasteiger partial charge in [0.05, 0.1) is 16.6 Å². The van der Waals surface area contributed by atoms with Crippen LogP contribution in [0.4, 0.5) is 5.69 Å². The van der Waals surface area contributed by atoms with Crippen LogP contribution in [-0.2, 0) is 4.74 Å². The molecule has 0 aromatic heterocycles. The number of hydrogen-bond acceptors (Lipinski definition) is 6. The van der Waals surface area contributed by atoms with E-state index >= 15 is 0 Å². The molecule has 2 aromatic rings. The molecule has 1 fully saturated rings. The van der Waals surface area contributed by atoms with Crippen molar-refractivity contribution >= 4 is 24.0 Å². The molecule has 2 aromatic carbocycles. The number of hydrogen-bond donors (Lipinski definition) is 1. The molecule has 1 aliphatic heterocycles. The molecule has 0 radical (unpaired) electrons. The maximum absolute atomic E-state index is 13.1. The summed E-state index contributed by atoms with van der Waals surface area (Å²) in [5, 5.41) is 11.2. The second-order valence-electron chi connectivity index (χ2n) is 6.86. The molecule has 0 unspecified atom stereocenters. The summed E-state index contributed by atoms with van der Waals surface area (Å²) in [6.45, 7) is 2.27. The van der Waals surface area contributed by atoms with E-state index in [-0.39, 0.29) is 35.7 Å². The lowest BCUT2D eigenvalue weighted by atomic mass is 10.1. The molecule has 0 spiro atoms. The first-order chi connectivity index (χ1) is 14.1. The minimum Gasteiger partial charge on any atom is -0.457 e. The van der Waals surface area contributed by atoms with E-state index in [4.69, 9.17) is 15.2 Å². The number of nitro benzene ring substituents is 1. The second kappa shape index (κ2) is 11.5. The summed E-state index contributed by atoms with van der Waals surface area (Å²) in [6, 6.07) is 13.1. The van der Waals surface area contributed by atoms with Gasteiger partial charge in [0.1, 0.15) is 11.5 Å². The maximum Gasteiger partial charge on any atom is 0.270 e. The van der Waals surface area contributed by atoms with Crippen LogP contribution in [0.15, 0.2) is 48.5 Å². The Bertz CT molecular complexity index is 842. The third kappa shape index (κ3) is 6.16. The number of likely N-dealkylation sites (tertiary alicyclic amines) is 1. The van der Waals surface area contributed by atoms with Crippen LogP contribution < -0.4 is 10.5 Å². The van der Waals surface area contributed by atoms with Crippen molar-refractivity contribution in [3.05, 3.63) is 64.2 Å². The Labute approximate surface area is 181 Å². The quantitative estimate of drug-likeness (QED) is 0.384. The van der Waals surface area contributed by atoms with Crippen LogP contribution in [0.2, 0.25) is 0 Å². The van der Waals surface area contributed by atoms with Crippen LogP contribution in [0.3, 0.4) is 0 Å². The monoisotopic (exact) mass is 435 g/mol. The highest BCUT2D eigenvalue weighted by Crippen LogP contribution is 2.30. The minimum absolute atomic E-state index is 0. The van der Waals surface area contributed by atoms with E-state index in [0.29, 0.717) is 37.7 Å². The molecule has 1 aliphatic rings. The molecule has 1 saturated heterocycles. The van der Waals surface area contributed by atoms with Gasteiger partial charge in [-0.3, -0.25) is 14.9 Å². The lowest BCUT2D eigenvalue weighted by molar-refractivity contribution is -0.384. The number of nitro groups is 1. The Morgan fingerprint density at radius 1 is 1.17 bits per heavy atom.